The number of aromatic nitrogens is 1. The number of aryl methyl sites for hydroxylation is 2. The van der Waals surface area contributed by atoms with Gasteiger partial charge in [0.25, 0.3) is 0 Å². The van der Waals surface area contributed by atoms with Crippen LogP contribution in [0.25, 0.3) is 10.9 Å². The Kier molecular flexibility index (Phi) is 6.36. The first kappa shape index (κ1) is 19.5. The molecule has 1 fully saturated rings. The third-order valence-corrected chi connectivity index (χ3v) is 6.22. The summed E-state index contributed by atoms with van der Waals surface area (Å²) < 4.78 is 6.18. The molecule has 0 radical (unpaired) electrons. The van der Waals surface area contributed by atoms with Crippen LogP contribution in [0.1, 0.15) is 62.1 Å². The molecule has 0 saturated carbocycles. The van der Waals surface area contributed by atoms with Crippen LogP contribution in [0.5, 0.6) is 5.75 Å². The van der Waals surface area contributed by atoms with Crippen molar-refractivity contribution in [2.24, 2.45) is 0 Å². The molecule has 2 aromatic rings. The van der Waals surface area contributed by atoms with Crippen LogP contribution in [0, 0.1) is 6.92 Å². The van der Waals surface area contributed by atoms with E-state index in [1.54, 1.807) is 0 Å². The predicted molar refractivity (Wildman–Crippen MR) is 118 cm³/mol. The fourth-order valence-electron chi connectivity index (χ4n) is 4.69. The summed E-state index contributed by atoms with van der Waals surface area (Å²) in [6.45, 7) is 9.83. The number of benzene rings is 1. The molecule has 0 spiro atoms. The zero-order chi connectivity index (χ0) is 19.3. The second-order valence-corrected chi connectivity index (χ2v) is 8.44. The molecule has 2 heterocycles. The minimum atomic E-state index is 0.786. The van der Waals surface area contributed by atoms with Crippen LogP contribution in [-0.4, -0.2) is 42.7 Å². The third-order valence-electron chi connectivity index (χ3n) is 6.22. The molecule has 1 N–H and O–H groups in total. The first-order valence-corrected chi connectivity index (χ1v) is 11.3. The quantitative estimate of drug-likeness (QED) is 0.645. The van der Waals surface area contributed by atoms with E-state index in [-0.39, 0.29) is 0 Å². The maximum absolute atomic E-state index is 6.18. The van der Waals surface area contributed by atoms with Crippen LogP contribution in [-0.2, 0) is 12.8 Å². The van der Waals surface area contributed by atoms with Gasteiger partial charge in [-0.15, -0.1) is 0 Å². The lowest BCUT2D eigenvalue weighted by atomic mass is 9.88. The summed E-state index contributed by atoms with van der Waals surface area (Å²) in [5, 5.41) is 4.91. The van der Waals surface area contributed by atoms with Gasteiger partial charge in [0.15, 0.2) is 0 Å². The van der Waals surface area contributed by atoms with Crippen molar-refractivity contribution < 1.29 is 4.74 Å². The Morgan fingerprint density at radius 2 is 1.86 bits per heavy atom. The molecule has 1 aliphatic heterocycles. The first-order valence-electron chi connectivity index (χ1n) is 11.3. The Morgan fingerprint density at radius 1 is 1.07 bits per heavy atom. The highest BCUT2D eigenvalue weighted by molar-refractivity contribution is 5.88. The monoisotopic (exact) mass is 381 g/mol. The first-order chi connectivity index (χ1) is 13.8. The molecule has 1 aromatic carbocycles. The van der Waals surface area contributed by atoms with Crippen LogP contribution in [0.2, 0.25) is 0 Å². The maximum atomic E-state index is 6.18. The summed E-state index contributed by atoms with van der Waals surface area (Å²) in [4.78, 5) is 7.57. The third kappa shape index (κ3) is 4.27. The van der Waals surface area contributed by atoms with Crippen LogP contribution >= 0.6 is 0 Å². The standard InChI is InChI=1S/C24H35N3O/c1-3-11-25-24-20-10-5-4-9-19(20)21-16-18(2)23(17-22(21)26-24)28-15-8-14-27-12-6-7-13-27/h16-17H,3-15H2,1-2H3,(H,25,26). The van der Waals surface area contributed by atoms with Gasteiger partial charge in [-0.2, -0.15) is 0 Å². The fourth-order valence-corrected chi connectivity index (χ4v) is 4.69. The molecule has 4 rings (SSSR count). The van der Waals surface area contributed by atoms with Crippen LogP contribution in [0.15, 0.2) is 12.1 Å². The Morgan fingerprint density at radius 3 is 2.64 bits per heavy atom. The molecule has 152 valence electrons. The lowest BCUT2D eigenvalue weighted by Crippen LogP contribution is -2.22. The fraction of sp³-hybridized carbons (Fsp3) is 0.625. The van der Waals surface area contributed by atoms with Gasteiger partial charge in [-0.1, -0.05) is 6.92 Å². The van der Waals surface area contributed by atoms with Crippen molar-refractivity contribution in [1.29, 1.82) is 0 Å². The molecular weight excluding hydrogens is 346 g/mol. The van der Waals surface area contributed by atoms with Gasteiger partial charge >= 0.3 is 0 Å². The van der Waals surface area contributed by atoms with Crippen molar-refractivity contribution in [3.63, 3.8) is 0 Å². The minimum Gasteiger partial charge on any atom is -0.493 e. The number of likely N-dealkylation sites (tertiary alicyclic amines) is 1. The number of ether oxygens (including phenoxy) is 1. The van der Waals surface area contributed by atoms with Gasteiger partial charge < -0.3 is 15.0 Å². The number of hydrogen-bond acceptors (Lipinski definition) is 4. The molecular formula is C24H35N3O. The topological polar surface area (TPSA) is 37.4 Å². The lowest BCUT2D eigenvalue weighted by molar-refractivity contribution is 0.262. The number of rotatable bonds is 8. The van der Waals surface area contributed by atoms with Crippen molar-refractivity contribution >= 4 is 16.7 Å². The highest BCUT2D eigenvalue weighted by Gasteiger charge is 2.19. The van der Waals surface area contributed by atoms with Crippen LogP contribution in [0.4, 0.5) is 5.82 Å². The van der Waals surface area contributed by atoms with Crippen molar-refractivity contribution in [3.8, 4) is 5.75 Å². The molecule has 0 unspecified atom stereocenters. The van der Waals surface area contributed by atoms with E-state index in [1.807, 2.05) is 0 Å². The molecule has 28 heavy (non-hydrogen) atoms. The average Bonchev–Trinajstić information content (AvgIpc) is 3.23. The smallest absolute Gasteiger partial charge is 0.130 e. The number of nitrogens with one attached hydrogen (secondary N) is 1. The summed E-state index contributed by atoms with van der Waals surface area (Å²) >= 11 is 0. The zero-order valence-electron chi connectivity index (χ0n) is 17.6. The van der Waals surface area contributed by atoms with E-state index >= 15 is 0 Å². The Labute approximate surface area is 169 Å². The second-order valence-electron chi connectivity index (χ2n) is 8.44. The largest absolute Gasteiger partial charge is 0.493 e. The number of nitrogens with zero attached hydrogens (tertiary/aromatic N) is 2. The van der Waals surface area contributed by atoms with Crippen molar-refractivity contribution in [3.05, 3.63) is 28.8 Å². The van der Waals surface area contributed by atoms with E-state index in [4.69, 9.17) is 9.72 Å². The molecule has 1 saturated heterocycles. The lowest BCUT2D eigenvalue weighted by Gasteiger charge is -2.22. The van der Waals surface area contributed by atoms with E-state index < -0.39 is 0 Å². The van der Waals surface area contributed by atoms with Gasteiger partial charge in [0.1, 0.15) is 11.6 Å². The maximum Gasteiger partial charge on any atom is 0.130 e. The molecule has 4 nitrogen and oxygen atoms in total. The summed E-state index contributed by atoms with van der Waals surface area (Å²) in [5.74, 6) is 2.10. The van der Waals surface area contributed by atoms with Gasteiger partial charge in [-0.3, -0.25) is 0 Å². The highest BCUT2D eigenvalue weighted by atomic mass is 16.5. The normalized spacial score (nSPS) is 17.1. The molecule has 1 aromatic heterocycles. The van der Waals surface area contributed by atoms with E-state index in [0.29, 0.717) is 0 Å². The minimum absolute atomic E-state index is 0.786. The van der Waals surface area contributed by atoms with Gasteiger partial charge in [0.05, 0.1) is 12.1 Å². The Bertz CT molecular complexity index is 811. The number of hydrogen-bond donors (Lipinski definition) is 1. The molecule has 0 bridgehead atoms. The number of fused-ring (bicyclic) bond motifs is 3. The van der Waals surface area contributed by atoms with Crippen molar-refractivity contribution in [1.82, 2.24) is 9.88 Å². The van der Waals surface area contributed by atoms with E-state index in [1.165, 1.54) is 67.3 Å². The molecule has 0 amide bonds. The predicted octanol–water partition coefficient (Wildman–Crippen LogP) is 5.11. The molecule has 0 atom stereocenters. The van der Waals surface area contributed by atoms with Crippen LogP contribution in [0.3, 0.4) is 0 Å². The van der Waals surface area contributed by atoms with Crippen LogP contribution < -0.4 is 10.1 Å². The Hall–Kier alpha value is -1.81. The van der Waals surface area contributed by atoms with E-state index in [0.717, 1.165) is 56.0 Å². The van der Waals surface area contributed by atoms with Gasteiger partial charge in [0, 0.05) is 24.5 Å². The SMILES string of the molecule is CCCNc1nc2cc(OCCCN3CCCC3)c(C)cc2c2c1CCCC2. The summed E-state index contributed by atoms with van der Waals surface area (Å²) in [6.07, 6.45) is 9.81. The second kappa shape index (κ2) is 9.13. The van der Waals surface area contributed by atoms with E-state index in [2.05, 4.69) is 36.2 Å². The summed E-state index contributed by atoms with van der Waals surface area (Å²) in [6, 6.07) is 4.48. The van der Waals surface area contributed by atoms with E-state index in [9.17, 15) is 0 Å². The van der Waals surface area contributed by atoms with Gasteiger partial charge in [-0.25, -0.2) is 4.98 Å². The molecule has 1 aliphatic carbocycles. The molecule has 4 heteroatoms. The Balaban J connectivity index is 1.54. The summed E-state index contributed by atoms with van der Waals surface area (Å²) in [5.41, 5.74) is 5.28. The van der Waals surface area contributed by atoms with Gasteiger partial charge in [0.2, 0.25) is 0 Å². The number of anilines is 1. The van der Waals surface area contributed by atoms with Crippen molar-refractivity contribution in [2.75, 3.05) is 38.1 Å². The average molecular weight is 382 g/mol. The summed E-state index contributed by atoms with van der Waals surface area (Å²) in [7, 11) is 0. The molecule has 2 aliphatic rings. The highest BCUT2D eigenvalue weighted by Crippen LogP contribution is 2.35. The zero-order valence-corrected chi connectivity index (χ0v) is 17.6. The van der Waals surface area contributed by atoms with Gasteiger partial charge in [-0.05, 0) is 94.1 Å². The number of pyridine rings is 1. The van der Waals surface area contributed by atoms with Crippen molar-refractivity contribution in [2.45, 2.75) is 65.2 Å².